The number of aryl methyl sites for hydroxylation is 2. The van der Waals surface area contributed by atoms with Crippen molar-refractivity contribution < 1.29 is 13.7 Å². The minimum absolute atomic E-state index is 0.00256. The molecule has 3 atom stereocenters. The van der Waals surface area contributed by atoms with Crippen LogP contribution >= 0.6 is 0 Å². The number of fused-ring (bicyclic) bond motifs is 3. The molecule has 0 saturated carbocycles. The van der Waals surface area contributed by atoms with Crippen LogP contribution in [-0.2, 0) is 35.7 Å². The van der Waals surface area contributed by atoms with Gasteiger partial charge in [0.1, 0.15) is 16.5 Å². The summed E-state index contributed by atoms with van der Waals surface area (Å²) < 4.78 is 27.8. The lowest BCUT2D eigenvalue weighted by atomic mass is 9.94. The molecule has 2 aliphatic carbocycles. The first kappa shape index (κ1) is 20.5. The van der Waals surface area contributed by atoms with Crippen LogP contribution in [0, 0.1) is 4.78 Å². The summed E-state index contributed by atoms with van der Waals surface area (Å²) >= 11 is 0. The summed E-state index contributed by atoms with van der Waals surface area (Å²) in [5.41, 5.74) is 5.78. The molecule has 1 aromatic carbocycles. The van der Waals surface area contributed by atoms with Gasteiger partial charge < -0.3 is 15.4 Å². The summed E-state index contributed by atoms with van der Waals surface area (Å²) in [7, 11) is -1.91. The van der Waals surface area contributed by atoms with Gasteiger partial charge in [-0.2, -0.15) is 5.10 Å². The number of nitrogens with zero attached hydrogens (tertiary/aromatic N) is 2. The number of hydrogen-bond acceptors (Lipinski definition) is 6. The summed E-state index contributed by atoms with van der Waals surface area (Å²) in [4.78, 5) is 13.3. The Bertz CT molecular complexity index is 1190. The van der Waals surface area contributed by atoms with E-state index in [0.29, 0.717) is 19.1 Å². The SMILES string of the molecule is CNC1COc2c(S(=N)(N)=O)c(C(=O)Nc3c4c(cc5c3[C@H](C)CC5)CCC4)nn2C1. The van der Waals surface area contributed by atoms with Gasteiger partial charge in [0.2, 0.25) is 5.88 Å². The molecular formula is C21H28N6O3S. The van der Waals surface area contributed by atoms with Gasteiger partial charge in [-0.15, -0.1) is 0 Å². The largest absolute Gasteiger partial charge is 0.475 e. The van der Waals surface area contributed by atoms with Gasteiger partial charge in [-0.1, -0.05) is 13.0 Å². The number of hydrogen-bond donors (Lipinski definition) is 4. The van der Waals surface area contributed by atoms with E-state index in [1.165, 1.54) is 26.9 Å². The third-order valence-electron chi connectivity index (χ3n) is 6.71. The quantitative estimate of drug-likeness (QED) is 0.571. The molecule has 2 heterocycles. The molecule has 5 rings (SSSR count). The van der Waals surface area contributed by atoms with Crippen LogP contribution in [0.3, 0.4) is 0 Å². The van der Waals surface area contributed by atoms with Crippen LogP contribution in [0.25, 0.3) is 0 Å². The van der Waals surface area contributed by atoms with Crippen LogP contribution in [-0.4, -0.2) is 39.6 Å². The lowest BCUT2D eigenvalue weighted by Gasteiger charge is -2.23. The Hall–Kier alpha value is -2.43. The van der Waals surface area contributed by atoms with E-state index in [-0.39, 0.29) is 22.5 Å². The zero-order chi connectivity index (χ0) is 21.9. The molecule has 2 unspecified atom stereocenters. The fourth-order valence-electron chi connectivity index (χ4n) is 5.16. The molecule has 1 aliphatic heterocycles. The third-order valence-corrected chi connectivity index (χ3v) is 7.68. The summed E-state index contributed by atoms with van der Waals surface area (Å²) in [6.45, 7) is 2.95. The van der Waals surface area contributed by atoms with Crippen molar-refractivity contribution in [3.8, 4) is 5.88 Å². The molecule has 0 spiro atoms. The molecule has 5 N–H and O–H groups in total. The summed E-state index contributed by atoms with van der Waals surface area (Å²) in [6, 6.07) is 2.30. The first-order valence-corrected chi connectivity index (χ1v) is 12.4. The molecule has 1 aromatic heterocycles. The van der Waals surface area contributed by atoms with Crippen molar-refractivity contribution >= 4 is 21.5 Å². The number of likely N-dealkylation sites (N-methyl/N-ethyl adjacent to an activating group) is 1. The Morgan fingerprint density at radius 1 is 1.35 bits per heavy atom. The zero-order valence-corrected chi connectivity index (χ0v) is 18.6. The van der Waals surface area contributed by atoms with Crippen LogP contribution < -0.4 is 20.5 Å². The number of carbonyl (C=O) groups excluding carboxylic acids is 1. The minimum Gasteiger partial charge on any atom is -0.475 e. The number of benzene rings is 1. The number of nitrogens with two attached hydrogens (primary N) is 1. The molecule has 166 valence electrons. The molecule has 0 bridgehead atoms. The maximum absolute atomic E-state index is 13.4. The fraction of sp³-hybridized carbons (Fsp3) is 0.524. The van der Waals surface area contributed by atoms with Gasteiger partial charge >= 0.3 is 0 Å². The van der Waals surface area contributed by atoms with Crippen molar-refractivity contribution in [3.05, 3.63) is 34.0 Å². The highest BCUT2D eigenvalue weighted by Gasteiger charge is 2.35. The molecule has 0 saturated heterocycles. The maximum atomic E-state index is 13.4. The average molecular weight is 445 g/mol. The number of nitrogens with one attached hydrogen (secondary N) is 3. The van der Waals surface area contributed by atoms with Gasteiger partial charge in [-0.3, -0.25) is 4.79 Å². The van der Waals surface area contributed by atoms with Gasteiger partial charge in [-0.25, -0.2) is 18.8 Å². The van der Waals surface area contributed by atoms with Crippen molar-refractivity contribution in [1.82, 2.24) is 15.1 Å². The van der Waals surface area contributed by atoms with Crippen LogP contribution in [0.2, 0.25) is 0 Å². The van der Waals surface area contributed by atoms with E-state index in [1.54, 1.807) is 0 Å². The smallest absolute Gasteiger partial charge is 0.277 e. The molecule has 1 amide bonds. The summed E-state index contributed by atoms with van der Waals surface area (Å²) in [5.74, 6) is 0.0186. The second-order valence-electron chi connectivity index (χ2n) is 8.77. The van der Waals surface area contributed by atoms with E-state index in [0.717, 1.165) is 37.8 Å². The maximum Gasteiger partial charge on any atom is 0.277 e. The summed E-state index contributed by atoms with van der Waals surface area (Å²) in [6.07, 6.45) is 5.10. The molecule has 2 aromatic rings. The predicted molar refractivity (Wildman–Crippen MR) is 117 cm³/mol. The first-order chi connectivity index (χ1) is 14.8. The van der Waals surface area contributed by atoms with Gasteiger partial charge in [0, 0.05) is 5.69 Å². The summed E-state index contributed by atoms with van der Waals surface area (Å²) in [5, 5.41) is 16.3. The average Bonchev–Trinajstić information content (AvgIpc) is 3.43. The van der Waals surface area contributed by atoms with E-state index in [1.807, 2.05) is 7.05 Å². The van der Waals surface area contributed by atoms with E-state index < -0.39 is 15.8 Å². The van der Waals surface area contributed by atoms with E-state index in [9.17, 15) is 9.00 Å². The van der Waals surface area contributed by atoms with E-state index in [4.69, 9.17) is 14.7 Å². The van der Waals surface area contributed by atoms with Crippen LogP contribution in [0.4, 0.5) is 5.69 Å². The lowest BCUT2D eigenvalue weighted by Crippen LogP contribution is -2.40. The fourth-order valence-corrected chi connectivity index (χ4v) is 6.00. The molecule has 0 radical (unpaired) electrons. The standard InChI is InChI=1S/C21H28N6O3S/c1-11-6-7-13-8-12-4-3-5-15(12)17(16(11)13)25-20(28)18-19(31(22,23)29)21-27(26-18)9-14(24-2)10-30-21/h8,11,14,24H,3-7,9-10H2,1-2H3,(H,25,28)(H3,22,23,29)/t11-,14?/m1/s1. The van der Waals surface area contributed by atoms with Crippen molar-refractivity contribution in [2.24, 2.45) is 5.14 Å². The Kier molecular flexibility index (Phi) is 4.83. The Labute approximate surface area is 181 Å². The van der Waals surface area contributed by atoms with Gasteiger partial charge in [0.15, 0.2) is 10.6 Å². The van der Waals surface area contributed by atoms with Crippen LogP contribution in [0.1, 0.15) is 58.4 Å². The van der Waals surface area contributed by atoms with Crippen LogP contribution in [0.15, 0.2) is 11.0 Å². The van der Waals surface area contributed by atoms with Crippen LogP contribution in [0.5, 0.6) is 5.88 Å². The second-order valence-corrected chi connectivity index (χ2v) is 10.4. The Balaban J connectivity index is 1.58. The normalized spacial score (nSPS) is 23.5. The van der Waals surface area contributed by atoms with Gasteiger partial charge in [-0.05, 0) is 67.3 Å². The highest BCUT2D eigenvalue weighted by atomic mass is 32.2. The predicted octanol–water partition coefficient (Wildman–Crippen LogP) is 1.93. The zero-order valence-electron chi connectivity index (χ0n) is 17.8. The molecule has 10 heteroatoms. The molecule has 0 fully saturated rings. The Morgan fingerprint density at radius 3 is 2.90 bits per heavy atom. The highest BCUT2D eigenvalue weighted by molar-refractivity contribution is 7.90. The van der Waals surface area contributed by atoms with Crippen molar-refractivity contribution in [2.75, 3.05) is 19.0 Å². The topological polar surface area (TPSA) is 135 Å². The first-order valence-electron chi connectivity index (χ1n) is 10.7. The molecule has 9 nitrogen and oxygen atoms in total. The third kappa shape index (κ3) is 3.33. The second kappa shape index (κ2) is 7.32. The number of ether oxygens (including phenoxy) is 1. The molecule has 31 heavy (non-hydrogen) atoms. The van der Waals surface area contributed by atoms with Crippen molar-refractivity contribution in [2.45, 2.75) is 62.4 Å². The van der Waals surface area contributed by atoms with Gasteiger partial charge in [0.05, 0.1) is 12.6 Å². The highest BCUT2D eigenvalue weighted by Crippen LogP contribution is 2.44. The minimum atomic E-state index is -3.72. The van der Waals surface area contributed by atoms with Gasteiger partial charge in [0.25, 0.3) is 5.91 Å². The molecular weight excluding hydrogens is 416 g/mol. The number of aromatic nitrogens is 2. The number of carbonyl (C=O) groups is 1. The molecule has 3 aliphatic rings. The number of rotatable bonds is 4. The number of amides is 1. The van der Waals surface area contributed by atoms with E-state index in [2.05, 4.69) is 28.7 Å². The van der Waals surface area contributed by atoms with E-state index >= 15 is 0 Å². The van der Waals surface area contributed by atoms with Crippen molar-refractivity contribution in [3.63, 3.8) is 0 Å². The number of anilines is 1. The monoisotopic (exact) mass is 444 g/mol. The lowest BCUT2D eigenvalue weighted by molar-refractivity contribution is 0.101. The van der Waals surface area contributed by atoms with Crippen molar-refractivity contribution in [1.29, 1.82) is 4.78 Å². The Morgan fingerprint density at radius 2 is 2.16 bits per heavy atom.